The summed E-state index contributed by atoms with van der Waals surface area (Å²) in [5, 5.41) is 11.9. The van der Waals surface area contributed by atoms with Gasteiger partial charge in [-0.25, -0.2) is 4.79 Å². The number of amides is 2. The predicted octanol–water partition coefficient (Wildman–Crippen LogP) is 3.25. The van der Waals surface area contributed by atoms with Gasteiger partial charge in [0.25, 0.3) is 5.91 Å². The van der Waals surface area contributed by atoms with Crippen LogP contribution >= 0.6 is 0 Å². The van der Waals surface area contributed by atoms with Crippen molar-refractivity contribution in [1.29, 1.82) is 0 Å². The minimum atomic E-state index is -4.63. The maximum atomic E-state index is 12.8. The van der Waals surface area contributed by atoms with Crippen molar-refractivity contribution in [2.75, 3.05) is 31.5 Å². The Balaban J connectivity index is 1.53. The van der Waals surface area contributed by atoms with Gasteiger partial charge in [0, 0.05) is 43.6 Å². The lowest BCUT2D eigenvalue weighted by atomic mass is 9.90. The molecule has 10 heteroatoms. The molecule has 158 valence electrons. The molecule has 7 nitrogen and oxygen atoms in total. The number of piperazine rings is 1. The second-order valence-electron chi connectivity index (χ2n) is 7.33. The highest BCUT2D eigenvalue weighted by Gasteiger charge is 2.35. The van der Waals surface area contributed by atoms with E-state index in [1.807, 2.05) is 6.07 Å². The van der Waals surface area contributed by atoms with Crippen molar-refractivity contribution in [3.8, 4) is 0 Å². The molecule has 30 heavy (non-hydrogen) atoms. The molecule has 2 aromatic rings. The summed E-state index contributed by atoms with van der Waals surface area (Å²) in [6.07, 6.45) is -3.87. The largest absolute Gasteiger partial charge is 0.465 e. The van der Waals surface area contributed by atoms with Crippen LogP contribution in [-0.2, 0) is 12.6 Å². The first-order chi connectivity index (χ1) is 14.2. The molecular formula is C20H19F3N4O3. The number of anilines is 1. The normalized spacial score (nSPS) is 19.0. The molecule has 0 spiro atoms. The van der Waals surface area contributed by atoms with Crippen LogP contribution in [0.4, 0.5) is 23.7 Å². The quantitative estimate of drug-likeness (QED) is 0.779. The molecule has 2 N–H and O–H groups in total. The Morgan fingerprint density at radius 3 is 2.67 bits per heavy atom. The third-order valence-corrected chi connectivity index (χ3v) is 5.50. The summed E-state index contributed by atoms with van der Waals surface area (Å²) in [5.74, 6) is -0.657. The number of nitrogens with zero attached hydrogens (tertiary/aromatic N) is 3. The SMILES string of the molecule is O=C(Nc1ccc2c(c1)CCN1CCN(C(=O)O)C[C@@H]21)c1ccnc(C(F)(F)F)c1. The first kappa shape index (κ1) is 20.1. The van der Waals surface area contributed by atoms with Crippen molar-refractivity contribution < 1.29 is 27.9 Å². The number of hydrogen-bond donors (Lipinski definition) is 2. The van der Waals surface area contributed by atoms with Gasteiger partial charge in [-0.1, -0.05) is 6.07 Å². The summed E-state index contributed by atoms with van der Waals surface area (Å²) in [6.45, 7) is 2.30. The Kier molecular flexibility index (Phi) is 5.10. The van der Waals surface area contributed by atoms with E-state index in [9.17, 15) is 27.9 Å². The van der Waals surface area contributed by atoms with Crippen LogP contribution in [0.2, 0.25) is 0 Å². The monoisotopic (exact) mass is 420 g/mol. The van der Waals surface area contributed by atoms with Crippen molar-refractivity contribution in [3.63, 3.8) is 0 Å². The molecule has 2 aliphatic rings. The van der Waals surface area contributed by atoms with E-state index in [1.54, 1.807) is 12.1 Å². The van der Waals surface area contributed by atoms with Gasteiger partial charge < -0.3 is 15.3 Å². The van der Waals surface area contributed by atoms with E-state index in [0.717, 1.165) is 30.3 Å². The molecule has 4 rings (SSSR count). The Morgan fingerprint density at radius 2 is 1.93 bits per heavy atom. The van der Waals surface area contributed by atoms with Crippen molar-refractivity contribution in [2.24, 2.45) is 0 Å². The number of carbonyl (C=O) groups excluding carboxylic acids is 1. The predicted molar refractivity (Wildman–Crippen MR) is 101 cm³/mol. The summed E-state index contributed by atoms with van der Waals surface area (Å²) < 4.78 is 38.5. The van der Waals surface area contributed by atoms with Gasteiger partial charge in [-0.05, 0) is 41.8 Å². The average molecular weight is 420 g/mol. The van der Waals surface area contributed by atoms with E-state index in [0.29, 0.717) is 31.4 Å². The van der Waals surface area contributed by atoms with Gasteiger partial charge in [-0.2, -0.15) is 13.2 Å². The highest BCUT2D eigenvalue weighted by Crippen LogP contribution is 2.34. The number of hydrogen-bond acceptors (Lipinski definition) is 4. The number of nitrogens with one attached hydrogen (secondary N) is 1. The maximum Gasteiger partial charge on any atom is 0.433 e. The Hall–Kier alpha value is -3.14. The van der Waals surface area contributed by atoms with E-state index in [-0.39, 0.29) is 11.6 Å². The minimum Gasteiger partial charge on any atom is -0.465 e. The Morgan fingerprint density at radius 1 is 1.13 bits per heavy atom. The number of rotatable bonds is 2. The fourth-order valence-electron chi connectivity index (χ4n) is 3.98. The molecule has 0 radical (unpaired) electrons. The summed E-state index contributed by atoms with van der Waals surface area (Å²) in [5.41, 5.74) is 1.22. The molecule has 2 amide bonds. The number of fused-ring (bicyclic) bond motifs is 3. The van der Waals surface area contributed by atoms with Crippen LogP contribution in [-0.4, -0.2) is 58.1 Å². The summed E-state index contributed by atoms with van der Waals surface area (Å²) in [7, 11) is 0. The molecule has 0 bridgehead atoms. The van der Waals surface area contributed by atoms with Crippen LogP contribution in [0, 0.1) is 0 Å². The molecule has 1 atom stereocenters. The van der Waals surface area contributed by atoms with E-state index in [2.05, 4.69) is 15.2 Å². The second-order valence-corrected chi connectivity index (χ2v) is 7.33. The molecule has 1 aromatic carbocycles. The van der Waals surface area contributed by atoms with Crippen molar-refractivity contribution in [1.82, 2.24) is 14.8 Å². The number of alkyl halides is 3. The Bertz CT molecular complexity index is 996. The van der Waals surface area contributed by atoms with Crippen LogP contribution in [0.25, 0.3) is 0 Å². The number of pyridine rings is 1. The lowest BCUT2D eigenvalue weighted by molar-refractivity contribution is -0.141. The molecule has 0 unspecified atom stereocenters. The highest BCUT2D eigenvalue weighted by molar-refractivity contribution is 6.04. The lowest BCUT2D eigenvalue weighted by Gasteiger charge is -2.44. The first-order valence-corrected chi connectivity index (χ1v) is 9.42. The molecular weight excluding hydrogens is 401 g/mol. The Labute approximate surface area is 170 Å². The molecule has 1 aromatic heterocycles. The zero-order valence-corrected chi connectivity index (χ0v) is 15.8. The topological polar surface area (TPSA) is 85.8 Å². The number of carboxylic acid groups (broad SMARTS) is 1. The third-order valence-electron chi connectivity index (χ3n) is 5.50. The lowest BCUT2D eigenvalue weighted by Crippen LogP contribution is -2.52. The van der Waals surface area contributed by atoms with E-state index in [4.69, 9.17) is 0 Å². The van der Waals surface area contributed by atoms with E-state index < -0.39 is 23.9 Å². The summed E-state index contributed by atoms with van der Waals surface area (Å²) >= 11 is 0. The van der Waals surface area contributed by atoms with Crippen LogP contribution in [0.1, 0.15) is 33.2 Å². The van der Waals surface area contributed by atoms with Gasteiger partial charge in [0.05, 0.1) is 6.04 Å². The third kappa shape index (κ3) is 3.95. The number of carbonyl (C=O) groups is 2. The van der Waals surface area contributed by atoms with Gasteiger partial charge in [0.1, 0.15) is 5.69 Å². The molecule has 1 saturated heterocycles. The molecule has 0 saturated carbocycles. The minimum absolute atomic E-state index is 0.0436. The summed E-state index contributed by atoms with van der Waals surface area (Å²) in [6, 6.07) is 7.23. The van der Waals surface area contributed by atoms with Crippen LogP contribution in [0.3, 0.4) is 0 Å². The fraction of sp³-hybridized carbons (Fsp3) is 0.350. The number of aromatic nitrogens is 1. The maximum absolute atomic E-state index is 12.8. The molecule has 3 heterocycles. The highest BCUT2D eigenvalue weighted by atomic mass is 19.4. The standard InChI is InChI=1S/C20H19F3N4O3/c21-20(22,23)17-10-13(3-5-24-17)18(28)25-14-1-2-15-12(9-14)4-6-26-7-8-27(19(29)30)11-16(15)26/h1-3,5,9-10,16H,4,6-8,11H2,(H,25,28)(H,29,30)/t16-/m0/s1. The van der Waals surface area contributed by atoms with Gasteiger partial charge in [0.2, 0.25) is 0 Å². The zero-order chi connectivity index (χ0) is 21.5. The van der Waals surface area contributed by atoms with E-state index in [1.165, 1.54) is 11.0 Å². The number of benzene rings is 1. The van der Waals surface area contributed by atoms with Crippen molar-refractivity contribution in [2.45, 2.75) is 18.6 Å². The number of halogens is 3. The average Bonchev–Trinajstić information content (AvgIpc) is 2.72. The van der Waals surface area contributed by atoms with Crippen LogP contribution in [0.15, 0.2) is 36.5 Å². The first-order valence-electron chi connectivity index (χ1n) is 9.42. The van der Waals surface area contributed by atoms with Gasteiger partial charge >= 0.3 is 12.3 Å². The van der Waals surface area contributed by atoms with Crippen molar-refractivity contribution in [3.05, 3.63) is 58.9 Å². The van der Waals surface area contributed by atoms with E-state index >= 15 is 0 Å². The van der Waals surface area contributed by atoms with Gasteiger partial charge in [-0.15, -0.1) is 0 Å². The van der Waals surface area contributed by atoms with Crippen LogP contribution < -0.4 is 5.32 Å². The smallest absolute Gasteiger partial charge is 0.433 e. The van der Waals surface area contributed by atoms with Crippen LogP contribution in [0.5, 0.6) is 0 Å². The second kappa shape index (κ2) is 7.60. The van der Waals surface area contributed by atoms with Gasteiger partial charge in [0.15, 0.2) is 0 Å². The van der Waals surface area contributed by atoms with Gasteiger partial charge in [-0.3, -0.25) is 14.7 Å². The zero-order valence-electron chi connectivity index (χ0n) is 15.8. The fourth-order valence-corrected chi connectivity index (χ4v) is 3.98. The molecule has 2 aliphatic heterocycles. The summed E-state index contributed by atoms with van der Waals surface area (Å²) in [4.78, 5) is 30.6. The molecule has 0 aliphatic carbocycles. The van der Waals surface area contributed by atoms with Crippen molar-refractivity contribution >= 4 is 17.7 Å². The molecule has 1 fully saturated rings.